The molecule has 0 saturated carbocycles. The quantitative estimate of drug-likeness (QED) is 0.368. The zero-order chi connectivity index (χ0) is 27.8. The van der Waals surface area contributed by atoms with E-state index < -0.39 is 18.1 Å². The predicted octanol–water partition coefficient (Wildman–Crippen LogP) is 3.71. The summed E-state index contributed by atoms with van der Waals surface area (Å²) in [7, 11) is 0. The summed E-state index contributed by atoms with van der Waals surface area (Å²) in [6, 6.07) is 7.96. The molecule has 198 valence electrons. The third-order valence-corrected chi connectivity index (χ3v) is 7.18. The molecule has 1 fully saturated rings. The van der Waals surface area contributed by atoms with Crippen molar-refractivity contribution < 1.29 is 23.9 Å². The maximum absolute atomic E-state index is 14.5. The second kappa shape index (κ2) is 10.5. The van der Waals surface area contributed by atoms with Crippen LogP contribution in [0.5, 0.6) is 5.75 Å². The summed E-state index contributed by atoms with van der Waals surface area (Å²) in [4.78, 5) is 48.7. The molecule has 1 N–H and O–H groups in total. The minimum absolute atomic E-state index is 0.0374. The number of Topliss-reactive ketones (excluding diaryl/α,β-unsaturated/α-hetero) is 2. The van der Waals surface area contributed by atoms with Crippen molar-refractivity contribution in [2.24, 2.45) is 0 Å². The Hall–Kier alpha value is -4.21. The molecule has 0 spiro atoms. The van der Waals surface area contributed by atoms with Gasteiger partial charge in [-0.2, -0.15) is 0 Å². The number of aromatic nitrogens is 3. The van der Waals surface area contributed by atoms with Crippen LogP contribution >= 0.6 is 0 Å². The zero-order valence-corrected chi connectivity index (χ0v) is 22.0. The van der Waals surface area contributed by atoms with E-state index in [0.29, 0.717) is 33.4 Å². The summed E-state index contributed by atoms with van der Waals surface area (Å²) in [6.45, 7) is 6.65. The van der Waals surface area contributed by atoms with Gasteiger partial charge in [0.25, 0.3) is 0 Å². The topological polar surface area (TPSA) is 105 Å². The fourth-order valence-electron chi connectivity index (χ4n) is 5.24. The molecule has 0 bridgehead atoms. The van der Waals surface area contributed by atoms with Gasteiger partial charge in [0.1, 0.15) is 5.82 Å². The summed E-state index contributed by atoms with van der Waals surface area (Å²) < 4.78 is 16.1. The molecule has 1 aliphatic heterocycles. The molecule has 1 amide bonds. The number of carbonyl (C=O) groups excluding carboxylic acids is 3. The maximum atomic E-state index is 14.5. The van der Waals surface area contributed by atoms with E-state index in [4.69, 9.17) is 0 Å². The fourth-order valence-corrected chi connectivity index (χ4v) is 5.24. The van der Waals surface area contributed by atoms with Crippen molar-refractivity contribution in [2.75, 3.05) is 6.54 Å². The van der Waals surface area contributed by atoms with Gasteiger partial charge in [0.2, 0.25) is 0 Å². The molecule has 0 radical (unpaired) electrons. The number of amides is 1. The molecule has 8 nitrogen and oxygen atoms in total. The third kappa shape index (κ3) is 5.37. The van der Waals surface area contributed by atoms with E-state index >= 15 is 0 Å². The fraction of sp³-hybridized carbons (Fsp3) is 0.310. The Labute approximate surface area is 225 Å². The standard InChI is InChI=1S/C29H28BFN4O4/c1-16-5-4-6-20(30-16)7-28(38)26-8-21(31)13-35(26)29(39)15-34-14-24(17(2)36)23-9-22(27(37)10-25(23)34)19-11-32-18(3)33-12-19/h4-6,9-12,14,21,26,37H,7-8,13,15H2,1-3H3/t21-,26+/m1/s1. The zero-order valence-electron chi connectivity index (χ0n) is 22.0. The van der Waals surface area contributed by atoms with Gasteiger partial charge in [-0.05, 0) is 6.92 Å². The molecule has 2 atom stereocenters. The molecule has 1 aromatic carbocycles. The first-order valence-corrected chi connectivity index (χ1v) is 12.8. The molecule has 39 heavy (non-hydrogen) atoms. The number of phenolic OH excluding ortho intramolecular Hbond substituents is 1. The molecular formula is C29H28BFN4O4. The first kappa shape index (κ1) is 26.4. The van der Waals surface area contributed by atoms with E-state index in [9.17, 15) is 23.9 Å². The number of nitrogens with zero attached hydrogens (tertiary/aromatic N) is 4. The van der Waals surface area contributed by atoms with Crippen molar-refractivity contribution in [1.29, 1.82) is 0 Å². The number of halogens is 1. The van der Waals surface area contributed by atoms with E-state index in [1.165, 1.54) is 17.9 Å². The second-order valence-electron chi connectivity index (χ2n) is 10.2. The normalized spacial score (nSPS) is 17.0. The molecule has 10 heteroatoms. The van der Waals surface area contributed by atoms with Gasteiger partial charge in [0.15, 0.2) is 0 Å². The van der Waals surface area contributed by atoms with Crippen LogP contribution in [-0.2, 0) is 22.6 Å². The first-order valence-electron chi connectivity index (χ1n) is 12.8. The Kier molecular flexibility index (Phi) is 7.12. The summed E-state index contributed by atoms with van der Waals surface area (Å²) in [5.74, 6) is -0.326. The van der Waals surface area contributed by atoms with Crippen molar-refractivity contribution >= 4 is 35.3 Å². The van der Waals surface area contributed by atoms with Crippen LogP contribution in [0.2, 0.25) is 0 Å². The van der Waals surface area contributed by atoms with Gasteiger partial charge in [-0.1, -0.05) is 0 Å². The van der Waals surface area contributed by atoms with Gasteiger partial charge in [-0.25, -0.2) is 9.97 Å². The Morgan fingerprint density at radius 3 is 2.59 bits per heavy atom. The monoisotopic (exact) mass is 526 g/mol. The number of likely N-dealkylation sites (tertiary alicyclic amines) is 1. The number of alkyl halides is 1. The predicted molar refractivity (Wildman–Crippen MR) is 146 cm³/mol. The number of aromatic hydroxyl groups is 1. The summed E-state index contributed by atoms with van der Waals surface area (Å²) in [5, 5.41) is 11.4. The van der Waals surface area contributed by atoms with E-state index in [-0.39, 0.29) is 43.2 Å². The molecule has 4 aromatic rings. The van der Waals surface area contributed by atoms with Gasteiger partial charge < -0.3 is 0 Å². The van der Waals surface area contributed by atoms with E-state index in [1.54, 1.807) is 36.1 Å². The Morgan fingerprint density at radius 1 is 1.15 bits per heavy atom. The van der Waals surface area contributed by atoms with Gasteiger partial charge in [0.05, 0.1) is 0 Å². The molecule has 1 saturated heterocycles. The van der Waals surface area contributed by atoms with Crippen LogP contribution in [0.1, 0.15) is 40.4 Å². The number of hydrogen-bond donors (Lipinski definition) is 1. The van der Waals surface area contributed by atoms with Crippen molar-refractivity contribution in [1.82, 2.24) is 19.4 Å². The Balaban J connectivity index is 1.44. The molecule has 5 rings (SSSR count). The molecule has 0 unspecified atom stereocenters. The van der Waals surface area contributed by atoms with Crippen molar-refractivity contribution in [3.8, 4) is 16.9 Å². The summed E-state index contributed by atoms with van der Waals surface area (Å²) >= 11 is 0. The average molecular weight is 526 g/mol. The van der Waals surface area contributed by atoms with Crippen LogP contribution in [0.3, 0.4) is 0 Å². The SMILES string of the molecule is CC(=O)c1cn(CC(=O)N2C[C@H](F)C[C@H]2C(=O)Cc2bc(C)ccc2)c2cc(O)c(-c3cnc(C)nc3)cc12. The van der Waals surface area contributed by atoms with Gasteiger partial charge in [-0.15, -0.1) is 0 Å². The number of benzene rings is 1. The number of hydrogen-bond acceptors (Lipinski definition) is 6. The van der Waals surface area contributed by atoms with E-state index in [0.717, 1.165) is 10.9 Å². The number of rotatable bonds is 7. The van der Waals surface area contributed by atoms with E-state index in [1.807, 2.05) is 32.0 Å². The minimum atomic E-state index is -1.29. The van der Waals surface area contributed by atoms with Crippen LogP contribution in [0.4, 0.5) is 4.39 Å². The summed E-state index contributed by atoms with van der Waals surface area (Å²) in [6.07, 6.45) is 3.52. The molecule has 4 heterocycles. The Bertz CT molecular complexity index is 1600. The molecular weight excluding hydrogens is 498 g/mol. The number of ketones is 2. The third-order valence-electron chi connectivity index (χ3n) is 7.18. The Morgan fingerprint density at radius 2 is 1.90 bits per heavy atom. The van der Waals surface area contributed by atoms with Crippen LogP contribution in [0.15, 0.2) is 48.9 Å². The van der Waals surface area contributed by atoms with Crippen LogP contribution < -0.4 is 0 Å². The van der Waals surface area contributed by atoms with Crippen molar-refractivity contribution in [2.45, 2.75) is 52.4 Å². The van der Waals surface area contributed by atoms with Crippen molar-refractivity contribution in [3.05, 3.63) is 71.2 Å². The molecule has 3 aromatic heterocycles. The van der Waals surface area contributed by atoms with Crippen molar-refractivity contribution in [3.63, 3.8) is 0 Å². The van der Waals surface area contributed by atoms with Gasteiger partial charge in [0, 0.05) is 18.0 Å². The van der Waals surface area contributed by atoms with E-state index in [2.05, 4.69) is 9.97 Å². The van der Waals surface area contributed by atoms with Gasteiger partial charge >= 0.3 is 185 Å². The van der Waals surface area contributed by atoms with Crippen LogP contribution in [0, 0.1) is 13.8 Å². The molecule has 1 aliphatic rings. The number of phenols is 1. The number of aryl methyl sites for hydroxylation is 2. The average Bonchev–Trinajstić information content (AvgIpc) is 3.45. The summed E-state index contributed by atoms with van der Waals surface area (Å²) in [5.41, 5.74) is 3.73. The number of carbonyl (C=O) groups is 3. The second-order valence-corrected chi connectivity index (χ2v) is 10.2. The van der Waals surface area contributed by atoms with Crippen LogP contribution in [-0.4, -0.2) is 67.7 Å². The molecule has 0 aliphatic carbocycles. The first-order chi connectivity index (χ1) is 18.6. The number of fused-ring (bicyclic) bond motifs is 1. The van der Waals surface area contributed by atoms with Gasteiger partial charge in [-0.3, -0.25) is 0 Å². The van der Waals surface area contributed by atoms with Crippen LogP contribution in [0.25, 0.3) is 22.0 Å².